The Balaban J connectivity index is 2.16. The fourth-order valence-electron chi connectivity index (χ4n) is 2.65. The molecule has 6 heteroatoms. The zero-order valence-electron chi connectivity index (χ0n) is 13.6. The molecule has 0 radical (unpaired) electrons. The van der Waals surface area contributed by atoms with Crippen LogP contribution in [0.25, 0.3) is 0 Å². The molecule has 1 aliphatic heterocycles. The fraction of sp³-hybridized carbons (Fsp3) is 0.529. The molecule has 0 aliphatic carbocycles. The van der Waals surface area contributed by atoms with Crippen LogP contribution in [0.5, 0.6) is 0 Å². The molecule has 1 saturated heterocycles. The molecule has 0 spiro atoms. The Morgan fingerprint density at radius 1 is 1.35 bits per heavy atom. The largest absolute Gasteiger partial charge is 0.464 e. The Labute approximate surface area is 140 Å². The van der Waals surface area contributed by atoms with Crippen molar-refractivity contribution < 1.29 is 18.7 Å². The fourth-order valence-corrected chi connectivity index (χ4v) is 4.13. The van der Waals surface area contributed by atoms with E-state index < -0.39 is 6.04 Å². The summed E-state index contributed by atoms with van der Waals surface area (Å²) in [6.45, 7) is 6.11. The van der Waals surface area contributed by atoms with Gasteiger partial charge in [-0.1, -0.05) is 26.0 Å². The van der Waals surface area contributed by atoms with E-state index in [9.17, 15) is 14.0 Å². The van der Waals surface area contributed by atoms with E-state index in [1.165, 1.54) is 12.1 Å². The normalized spacial score (nSPS) is 20.8. The van der Waals surface area contributed by atoms with E-state index in [0.29, 0.717) is 12.4 Å². The van der Waals surface area contributed by atoms with Gasteiger partial charge in [-0.2, -0.15) is 0 Å². The number of nitrogens with zero attached hydrogens (tertiary/aromatic N) is 1. The molecular formula is C17H22FNO3S. The lowest BCUT2D eigenvalue weighted by Gasteiger charge is -2.30. The summed E-state index contributed by atoms with van der Waals surface area (Å²) in [7, 11) is 0. The van der Waals surface area contributed by atoms with Crippen LogP contribution in [0, 0.1) is 11.7 Å². The third-order valence-corrected chi connectivity index (χ3v) is 5.34. The number of hydrogen-bond acceptors (Lipinski definition) is 4. The maximum atomic E-state index is 13.0. The van der Waals surface area contributed by atoms with Crippen LogP contribution in [-0.4, -0.2) is 40.6 Å². The molecule has 4 nitrogen and oxygen atoms in total. The van der Waals surface area contributed by atoms with E-state index in [1.54, 1.807) is 35.7 Å². The van der Waals surface area contributed by atoms with E-state index in [0.717, 1.165) is 5.56 Å². The van der Waals surface area contributed by atoms with Crippen molar-refractivity contribution in [2.24, 2.45) is 5.92 Å². The van der Waals surface area contributed by atoms with Gasteiger partial charge >= 0.3 is 5.97 Å². The smallest absolute Gasteiger partial charge is 0.329 e. The van der Waals surface area contributed by atoms with Crippen molar-refractivity contribution in [3.8, 4) is 0 Å². The molecule has 0 N–H and O–H groups in total. The SMILES string of the molecule is CCOC(=O)C1CSC(C(C)C)N1C(=O)Cc1ccc(F)cc1. The second-order valence-electron chi connectivity index (χ2n) is 5.84. The lowest BCUT2D eigenvalue weighted by atomic mass is 10.1. The van der Waals surface area contributed by atoms with Crippen LogP contribution in [0.4, 0.5) is 4.39 Å². The Bertz CT molecular complexity index is 561. The maximum absolute atomic E-state index is 13.0. The average molecular weight is 339 g/mol. The minimum atomic E-state index is -0.541. The van der Waals surface area contributed by atoms with Gasteiger partial charge in [-0.25, -0.2) is 9.18 Å². The summed E-state index contributed by atoms with van der Waals surface area (Å²) in [5.74, 6) is -0.0236. The Morgan fingerprint density at radius 2 is 2.00 bits per heavy atom. The van der Waals surface area contributed by atoms with E-state index >= 15 is 0 Å². The topological polar surface area (TPSA) is 46.6 Å². The molecular weight excluding hydrogens is 317 g/mol. The van der Waals surface area contributed by atoms with Gasteiger partial charge in [-0.3, -0.25) is 4.79 Å². The van der Waals surface area contributed by atoms with Crippen molar-refractivity contribution in [3.05, 3.63) is 35.6 Å². The molecule has 2 rings (SSSR count). The van der Waals surface area contributed by atoms with E-state index in [1.807, 2.05) is 13.8 Å². The van der Waals surface area contributed by atoms with Gasteiger partial charge in [0.25, 0.3) is 0 Å². The van der Waals surface area contributed by atoms with Gasteiger partial charge in [-0.05, 0) is 30.5 Å². The Kier molecular flexibility index (Phi) is 6.04. The zero-order valence-corrected chi connectivity index (χ0v) is 14.4. The summed E-state index contributed by atoms with van der Waals surface area (Å²) in [4.78, 5) is 26.5. The van der Waals surface area contributed by atoms with Gasteiger partial charge in [0.05, 0.1) is 18.4 Å². The number of rotatable bonds is 5. The molecule has 1 amide bonds. The minimum Gasteiger partial charge on any atom is -0.464 e. The average Bonchev–Trinajstić information content (AvgIpc) is 2.95. The first kappa shape index (κ1) is 17.8. The third kappa shape index (κ3) is 4.25. The number of amides is 1. The molecule has 23 heavy (non-hydrogen) atoms. The number of carbonyl (C=O) groups excluding carboxylic acids is 2. The number of carbonyl (C=O) groups is 2. The highest BCUT2D eigenvalue weighted by Gasteiger charge is 2.43. The number of esters is 1. The first-order chi connectivity index (χ1) is 10.9. The van der Waals surface area contributed by atoms with E-state index in [2.05, 4.69) is 0 Å². The third-order valence-electron chi connectivity index (χ3n) is 3.72. The molecule has 0 bridgehead atoms. The summed E-state index contributed by atoms with van der Waals surface area (Å²) < 4.78 is 18.1. The van der Waals surface area contributed by atoms with Crippen LogP contribution in [-0.2, 0) is 20.7 Å². The summed E-state index contributed by atoms with van der Waals surface area (Å²) in [6.07, 6.45) is 0.153. The monoisotopic (exact) mass is 339 g/mol. The van der Waals surface area contributed by atoms with Crippen molar-refractivity contribution in [1.29, 1.82) is 0 Å². The van der Waals surface area contributed by atoms with Crippen LogP contribution < -0.4 is 0 Å². The quantitative estimate of drug-likeness (QED) is 0.774. The van der Waals surface area contributed by atoms with Crippen LogP contribution in [0.2, 0.25) is 0 Å². The molecule has 0 saturated carbocycles. The molecule has 1 aromatic carbocycles. The maximum Gasteiger partial charge on any atom is 0.329 e. The summed E-state index contributed by atoms with van der Waals surface area (Å²) >= 11 is 1.61. The van der Waals surface area contributed by atoms with Crippen molar-refractivity contribution >= 4 is 23.6 Å². The second kappa shape index (κ2) is 7.81. The standard InChI is InChI=1S/C17H22FNO3S/c1-4-22-17(21)14-10-23-16(11(2)3)19(14)15(20)9-12-5-7-13(18)8-6-12/h5-8,11,14,16H,4,9-10H2,1-3H3. The van der Waals surface area contributed by atoms with Crippen LogP contribution in [0.1, 0.15) is 26.3 Å². The Hall–Kier alpha value is -1.56. The molecule has 2 atom stereocenters. The first-order valence-corrected chi connectivity index (χ1v) is 8.82. The molecule has 2 unspecified atom stereocenters. The molecule has 1 heterocycles. The number of thioether (sulfide) groups is 1. The lowest BCUT2D eigenvalue weighted by molar-refractivity contribution is -0.153. The van der Waals surface area contributed by atoms with E-state index in [-0.39, 0.29) is 35.4 Å². The summed E-state index contributed by atoms with van der Waals surface area (Å²) in [5, 5.41) is -0.0441. The molecule has 0 aromatic heterocycles. The van der Waals surface area contributed by atoms with Crippen molar-refractivity contribution in [2.45, 2.75) is 38.6 Å². The summed E-state index contributed by atoms with van der Waals surface area (Å²) in [5.41, 5.74) is 0.735. The predicted octanol–water partition coefficient (Wildman–Crippen LogP) is 2.86. The highest BCUT2D eigenvalue weighted by Crippen LogP contribution is 2.35. The van der Waals surface area contributed by atoms with Gasteiger partial charge in [0.2, 0.25) is 5.91 Å². The number of benzene rings is 1. The summed E-state index contributed by atoms with van der Waals surface area (Å²) in [6, 6.07) is 5.33. The lowest BCUT2D eigenvalue weighted by Crippen LogP contribution is -2.48. The van der Waals surface area contributed by atoms with Crippen molar-refractivity contribution in [2.75, 3.05) is 12.4 Å². The number of hydrogen-bond donors (Lipinski definition) is 0. The van der Waals surface area contributed by atoms with Crippen LogP contribution >= 0.6 is 11.8 Å². The van der Waals surface area contributed by atoms with Gasteiger partial charge in [-0.15, -0.1) is 11.8 Å². The molecule has 1 aromatic rings. The molecule has 1 fully saturated rings. The van der Waals surface area contributed by atoms with E-state index in [4.69, 9.17) is 4.74 Å². The first-order valence-electron chi connectivity index (χ1n) is 7.77. The van der Waals surface area contributed by atoms with Crippen molar-refractivity contribution in [1.82, 2.24) is 4.90 Å². The zero-order chi connectivity index (χ0) is 17.0. The predicted molar refractivity (Wildman–Crippen MR) is 88.5 cm³/mol. The van der Waals surface area contributed by atoms with Crippen LogP contribution in [0.15, 0.2) is 24.3 Å². The van der Waals surface area contributed by atoms with Crippen molar-refractivity contribution in [3.63, 3.8) is 0 Å². The van der Waals surface area contributed by atoms with Gasteiger partial charge in [0, 0.05) is 5.75 Å². The molecule has 1 aliphatic rings. The minimum absolute atomic E-state index is 0.0441. The molecule has 126 valence electrons. The highest BCUT2D eigenvalue weighted by molar-refractivity contribution is 8.00. The Morgan fingerprint density at radius 3 is 2.57 bits per heavy atom. The van der Waals surface area contributed by atoms with Gasteiger partial charge in [0.1, 0.15) is 11.9 Å². The highest BCUT2D eigenvalue weighted by atomic mass is 32.2. The van der Waals surface area contributed by atoms with Gasteiger partial charge < -0.3 is 9.64 Å². The number of ether oxygens (including phenoxy) is 1. The number of halogens is 1. The van der Waals surface area contributed by atoms with Gasteiger partial charge in [0.15, 0.2) is 0 Å². The second-order valence-corrected chi connectivity index (χ2v) is 6.99. The van der Waals surface area contributed by atoms with Crippen LogP contribution in [0.3, 0.4) is 0 Å².